The molecule has 0 saturated carbocycles. The van der Waals surface area contributed by atoms with Gasteiger partial charge in [-0.2, -0.15) is 0 Å². The summed E-state index contributed by atoms with van der Waals surface area (Å²) in [5.41, 5.74) is 0.778. The molecule has 0 amide bonds. The summed E-state index contributed by atoms with van der Waals surface area (Å²) in [6.45, 7) is 3.87. The van der Waals surface area contributed by atoms with E-state index in [1.54, 1.807) is 0 Å². The molecule has 0 aliphatic rings. The van der Waals surface area contributed by atoms with Crippen molar-refractivity contribution in [2.24, 2.45) is 0 Å². The van der Waals surface area contributed by atoms with Gasteiger partial charge in [0.1, 0.15) is 5.75 Å². The molecule has 17 heavy (non-hydrogen) atoms. The Morgan fingerprint density at radius 1 is 1.35 bits per heavy atom. The van der Waals surface area contributed by atoms with Crippen molar-refractivity contribution in [3.05, 3.63) is 28.3 Å². The van der Waals surface area contributed by atoms with Crippen LogP contribution in [-0.2, 0) is 4.79 Å². The number of Topliss-reactive ketones (excluding diaryl/α,β-unsaturated/α-hetero) is 1. The lowest BCUT2D eigenvalue weighted by Crippen LogP contribution is -2.13. The standard InChI is InChI=1S/C12H13ClO4/c1-6(2)10-8(13)4-7(5-9(10)17-3)11(14)12(15)16/h4-6H,1-3H3,(H,15,16). The van der Waals surface area contributed by atoms with Crippen LogP contribution in [0.4, 0.5) is 0 Å². The van der Waals surface area contributed by atoms with E-state index >= 15 is 0 Å². The predicted octanol–water partition coefficient (Wildman–Crippen LogP) is 2.74. The predicted molar refractivity (Wildman–Crippen MR) is 64.1 cm³/mol. The molecule has 0 saturated heterocycles. The number of ether oxygens (including phenoxy) is 1. The molecule has 1 aromatic carbocycles. The quantitative estimate of drug-likeness (QED) is 0.665. The monoisotopic (exact) mass is 256 g/mol. The molecule has 0 spiro atoms. The molecule has 0 unspecified atom stereocenters. The number of benzene rings is 1. The number of rotatable bonds is 4. The number of hydrogen-bond acceptors (Lipinski definition) is 3. The first kappa shape index (κ1) is 13.5. The van der Waals surface area contributed by atoms with E-state index in [1.165, 1.54) is 19.2 Å². The third-order valence-corrected chi connectivity index (χ3v) is 2.66. The van der Waals surface area contributed by atoms with Crippen LogP contribution in [0.1, 0.15) is 35.7 Å². The van der Waals surface area contributed by atoms with Gasteiger partial charge in [0.2, 0.25) is 0 Å². The fourth-order valence-electron chi connectivity index (χ4n) is 1.58. The van der Waals surface area contributed by atoms with Gasteiger partial charge in [-0.3, -0.25) is 4.79 Å². The van der Waals surface area contributed by atoms with E-state index in [-0.39, 0.29) is 11.5 Å². The number of carboxylic acid groups (broad SMARTS) is 1. The van der Waals surface area contributed by atoms with Crippen LogP contribution in [0.2, 0.25) is 5.02 Å². The van der Waals surface area contributed by atoms with Crippen LogP contribution in [0.25, 0.3) is 0 Å². The Labute approximate surface area is 104 Å². The van der Waals surface area contributed by atoms with Crippen LogP contribution in [0.15, 0.2) is 12.1 Å². The molecule has 1 aromatic rings. The highest BCUT2D eigenvalue weighted by atomic mass is 35.5. The topological polar surface area (TPSA) is 63.6 Å². The van der Waals surface area contributed by atoms with Gasteiger partial charge in [0.05, 0.1) is 7.11 Å². The number of ketones is 1. The number of carboxylic acids is 1. The Kier molecular flexibility index (Phi) is 4.12. The molecule has 0 aliphatic heterocycles. The normalized spacial score (nSPS) is 10.4. The molecule has 4 nitrogen and oxygen atoms in total. The van der Waals surface area contributed by atoms with Crippen molar-refractivity contribution in [3.63, 3.8) is 0 Å². The fourth-order valence-corrected chi connectivity index (χ4v) is 2.01. The molecule has 92 valence electrons. The van der Waals surface area contributed by atoms with Crippen molar-refractivity contribution < 1.29 is 19.4 Å². The van der Waals surface area contributed by atoms with Gasteiger partial charge in [0.25, 0.3) is 5.78 Å². The Morgan fingerprint density at radius 3 is 2.35 bits per heavy atom. The minimum absolute atomic E-state index is 0.0174. The molecule has 0 radical (unpaired) electrons. The van der Waals surface area contributed by atoms with Crippen molar-refractivity contribution in [1.29, 1.82) is 0 Å². The molecular weight excluding hydrogens is 244 g/mol. The second kappa shape index (κ2) is 5.19. The molecule has 1 rings (SSSR count). The fraction of sp³-hybridized carbons (Fsp3) is 0.333. The molecule has 1 N–H and O–H groups in total. The Morgan fingerprint density at radius 2 is 1.94 bits per heavy atom. The summed E-state index contributed by atoms with van der Waals surface area (Å²) in [7, 11) is 1.45. The van der Waals surface area contributed by atoms with E-state index in [1.807, 2.05) is 13.8 Å². The zero-order valence-corrected chi connectivity index (χ0v) is 10.5. The van der Waals surface area contributed by atoms with Crippen molar-refractivity contribution in [3.8, 4) is 5.75 Å². The summed E-state index contributed by atoms with van der Waals surface area (Å²) in [5, 5.41) is 8.97. The summed E-state index contributed by atoms with van der Waals surface area (Å²) in [6.07, 6.45) is 0. The summed E-state index contributed by atoms with van der Waals surface area (Å²) in [6, 6.07) is 2.76. The molecule has 0 heterocycles. The van der Waals surface area contributed by atoms with Crippen molar-refractivity contribution in [1.82, 2.24) is 0 Å². The highest BCUT2D eigenvalue weighted by molar-refractivity contribution is 6.41. The number of halogens is 1. The van der Waals surface area contributed by atoms with Crippen LogP contribution in [0, 0.1) is 0 Å². The van der Waals surface area contributed by atoms with Gasteiger partial charge < -0.3 is 9.84 Å². The van der Waals surface area contributed by atoms with Crippen molar-refractivity contribution >= 4 is 23.4 Å². The smallest absolute Gasteiger partial charge is 0.377 e. The molecule has 0 aliphatic carbocycles. The lowest BCUT2D eigenvalue weighted by Gasteiger charge is -2.14. The van der Waals surface area contributed by atoms with Gasteiger partial charge in [-0.25, -0.2) is 4.79 Å². The van der Waals surface area contributed by atoms with E-state index in [0.29, 0.717) is 10.8 Å². The first-order valence-corrected chi connectivity index (χ1v) is 5.41. The first-order valence-electron chi connectivity index (χ1n) is 5.03. The number of hydrogen-bond donors (Lipinski definition) is 1. The average Bonchev–Trinajstić information content (AvgIpc) is 2.25. The lowest BCUT2D eigenvalue weighted by molar-refractivity contribution is -0.131. The largest absolute Gasteiger partial charge is 0.496 e. The zero-order chi connectivity index (χ0) is 13.2. The average molecular weight is 257 g/mol. The molecule has 0 atom stereocenters. The first-order chi connectivity index (χ1) is 7.88. The van der Waals surface area contributed by atoms with Gasteiger partial charge in [0, 0.05) is 16.1 Å². The van der Waals surface area contributed by atoms with Gasteiger partial charge >= 0.3 is 5.97 Å². The Bertz CT molecular complexity index is 466. The summed E-state index contributed by atoms with van der Waals surface area (Å²) in [4.78, 5) is 21.9. The Balaban J connectivity index is 3.37. The minimum Gasteiger partial charge on any atom is -0.496 e. The van der Waals surface area contributed by atoms with E-state index < -0.39 is 11.8 Å². The minimum atomic E-state index is -1.51. The maximum absolute atomic E-state index is 11.3. The zero-order valence-electron chi connectivity index (χ0n) is 9.78. The van der Waals surface area contributed by atoms with E-state index in [9.17, 15) is 9.59 Å². The molecule has 0 fully saturated rings. The lowest BCUT2D eigenvalue weighted by atomic mass is 9.99. The number of aliphatic carboxylic acids is 1. The highest BCUT2D eigenvalue weighted by Crippen LogP contribution is 2.34. The van der Waals surface area contributed by atoms with Crippen LogP contribution in [0.3, 0.4) is 0 Å². The van der Waals surface area contributed by atoms with Crippen molar-refractivity contribution in [2.45, 2.75) is 19.8 Å². The Hall–Kier alpha value is -1.55. The third-order valence-electron chi connectivity index (χ3n) is 2.35. The van der Waals surface area contributed by atoms with Gasteiger partial charge in [-0.1, -0.05) is 25.4 Å². The maximum atomic E-state index is 11.3. The van der Waals surface area contributed by atoms with Crippen LogP contribution >= 0.6 is 11.6 Å². The van der Waals surface area contributed by atoms with Crippen LogP contribution in [0.5, 0.6) is 5.75 Å². The van der Waals surface area contributed by atoms with Gasteiger partial charge in [-0.05, 0) is 18.1 Å². The highest BCUT2D eigenvalue weighted by Gasteiger charge is 2.20. The third kappa shape index (κ3) is 2.77. The second-order valence-corrected chi connectivity index (χ2v) is 4.27. The number of carbonyl (C=O) groups excluding carboxylic acids is 1. The van der Waals surface area contributed by atoms with Crippen molar-refractivity contribution in [2.75, 3.05) is 7.11 Å². The SMILES string of the molecule is COc1cc(C(=O)C(=O)O)cc(Cl)c1C(C)C. The van der Waals surface area contributed by atoms with E-state index in [2.05, 4.69) is 0 Å². The van der Waals surface area contributed by atoms with Crippen LogP contribution < -0.4 is 4.74 Å². The molecule has 0 bridgehead atoms. The summed E-state index contributed by atoms with van der Waals surface area (Å²) in [5.74, 6) is -1.97. The summed E-state index contributed by atoms with van der Waals surface area (Å²) < 4.78 is 5.13. The molecule has 0 aromatic heterocycles. The number of methoxy groups -OCH3 is 1. The number of carbonyl (C=O) groups is 2. The second-order valence-electron chi connectivity index (χ2n) is 3.86. The van der Waals surface area contributed by atoms with E-state index in [0.717, 1.165) is 5.56 Å². The summed E-state index contributed by atoms with van der Waals surface area (Å²) >= 11 is 6.03. The maximum Gasteiger partial charge on any atom is 0.377 e. The molecule has 5 heteroatoms. The van der Waals surface area contributed by atoms with Crippen LogP contribution in [-0.4, -0.2) is 24.0 Å². The molecular formula is C12H13ClO4. The van der Waals surface area contributed by atoms with Gasteiger partial charge in [-0.15, -0.1) is 0 Å². The van der Waals surface area contributed by atoms with E-state index in [4.69, 9.17) is 21.4 Å². The van der Waals surface area contributed by atoms with Gasteiger partial charge in [0.15, 0.2) is 0 Å².